The van der Waals surface area contributed by atoms with E-state index >= 15 is 0 Å². The molecule has 0 aliphatic carbocycles. The molecule has 0 saturated carbocycles. The second kappa shape index (κ2) is 6.19. The number of anilines is 1. The minimum absolute atomic E-state index is 0.163. The number of aromatic amines is 1. The summed E-state index contributed by atoms with van der Waals surface area (Å²) < 4.78 is 30.0. The number of aromatic nitrogens is 3. The molecule has 0 saturated heterocycles. The zero-order valence-corrected chi connectivity index (χ0v) is 15.3. The summed E-state index contributed by atoms with van der Waals surface area (Å²) in [5.41, 5.74) is 2.64. The zero-order chi connectivity index (χ0) is 18.3. The number of hydrogen-bond acceptors (Lipinski definition) is 3. The van der Waals surface area contributed by atoms with Crippen molar-refractivity contribution >= 4 is 38.2 Å². The lowest BCUT2D eigenvalue weighted by molar-refractivity contribution is 0.602. The Labute approximate surface area is 155 Å². The fourth-order valence-corrected chi connectivity index (χ4v) is 4.29. The quantitative estimate of drug-likeness (QED) is 0.553. The van der Waals surface area contributed by atoms with Crippen LogP contribution >= 0.6 is 11.6 Å². The fraction of sp³-hybridized carbons (Fsp3) is 0.0556. The van der Waals surface area contributed by atoms with Gasteiger partial charge in [0, 0.05) is 22.1 Å². The number of para-hydroxylation sites is 1. The average molecular weight is 387 g/mol. The van der Waals surface area contributed by atoms with Gasteiger partial charge in [-0.3, -0.25) is 4.72 Å². The van der Waals surface area contributed by atoms with Gasteiger partial charge in [-0.05, 0) is 37.3 Å². The Morgan fingerprint density at radius 1 is 1.15 bits per heavy atom. The van der Waals surface area contributed by atoms with Crippen LogP contribution in [0.1, 0.15) is 5.69 Å². The van der Waals surface area contributed by atoms with Gasteiger partial charge in [-0.15, -0.1) is 0 Å². The monoisotopic (exact) mass is 386 g/mol. The van der Waals surface area contributed by atoms with Crippen LogP contribution in [0.5, 0.6) is 0 Å². The van der Waals surface area contributed by atoms with Crippen molar-refractivity contribution in [2.45, 2.75) is 11.8 Å². The topological polar surface area (TPSA) is 79.8 Å². The van der Waals surface area contributed by atoms with Crippen LogP contribution in [0.3, 0.4) is 0 Å². The smallest absolute Gasteiger partial charge is 0.264 e. The van der Waals surface area contributed by atoms with Gasteiger partial charge in [-0.2, -0.15) is 5.10 Å². The molecule has 2 aromatic carbocycles. The molecule has 4 aromatic rings. The van der Waals surface area contributed by atoms with Gasteiger partial charge >= 0.3 is 0 Å². The van der Waals surface area contributed by atoms with E-state index in [0.29, 0.717) is 27.3 Å². The molecule has 2 heterocycles. The summed E-state index contributed by atoms with van der Waals surface area (Å²) >= 11 is 5.96. The van der Waals surface area contributed by atoms with E-state index in [9.17, 15) is 8.42 Å². The molecule has 0 unspecified atom stereocenters. The van der Waals surface area contributed by atoms with Crippen LogP contribution in [0.15, 0.2) is 65.8 Å². The Morgan fingerprint density at radius 2 is 1.92 bits per heavy atom. The lowest BCUT2D eigenvalue weighted by Gasteiger charge is -2.08. The normalized spacial score (nSPS) is 11.8. The van der Waals surface area contributed by atoms with E-state index in [-0.39, 0.29) is 4.90 Å². The van der Waals surface area contributed by atoms with Gasteiger partial charge in [-0.25, -0.2) is 13.1 Å². The lowest BCUT2D eigenvalue weighted by Crippen LogP contribution is -2.13. The SMILES string of the molecule is Cc1c(NS(=O)(=O)c2c[nH]c3cc(Cl)ccc23)cnn1-c1ccccc1. The molecule has 0 spiro atoms. The Balaban J connectivity index is 1.71. The van der Waals surface area contributed by atoms with E-state index in [0.717, 1.165) is 5.69 Å². The Bertz CT molecular complexity index is 1200. The number of H-pyrrole nitrogens is 1. The third kappa shape index (κ3) is 2.85. The van der Waals surface area contributed by atoms with Crippen molar-refractivity contribution in [3.05, 3.63) is 71.6 Å². The highest BCUT2D eigenvalue weighted by Crippen LogP contribution is 2.28. The second-order valence-corrected chi connectivity index (χ2v) is 7.93. The van der Waals surface area contributed by atoms with Crippen LogP contribution in [0.25, 0.3) is 16.6 Å². The van der Waals surface area contributed by atoms with E-state index in [1.54, 1.807) is 22.9 Å². The van der Waals surface area contributed by atoms with E-state index in [2.05, 4.69) is 14.8 Å². The molecule has 2 aromatic heterocycles. The Morgan fingerprint density at radius 3 is 2.69 bits per heavy atom. The molecule has 26 heavy (non-hydrogen) atoms. The largest absolute Gasteiger partial charge is 0.360 e. The highest BCUT2D eigenvalue weighted by atomic mass is 35.5. The van der Waals surface area contributed by atoms with Crippen LogP contribution in [0.4, 0.5) is 5.69 Å². The number of benzene rings is 2. The van der Waals surface area contributed by atoms with Crippen molar-refractivity contribution < 1.29 is 8.42 Å². The summed E-state index contributed by atoms with van der Waals surface area (Å²) in [5, 5.41) is 5.41. The number of nitrogens with one attached hydrogen (secondary N) is 2. The van der Waals surface area contributed by atoms with Crippen molar-refractivity contribution in [1.82, 2.24) is 14.8 Å². The first-order valence-corrected chi connectivity index (χ1v) is 9.71. The minimum atomic E-state index is -3.78. The molecular formula is C18H15ClN4O2S. The summed E-state index contributed by atoms with van der Waals surface area (Å²) in [6.07, 6.45) is 2.96. The van der Waals surface area contributed by atoms with Crippen molar-refractivity contribution in [2.75, 3.05) is 4.72 Å². The third-order valence-electron chi connectivity index (χ3n) is 4.15. The van der Waals surface area contributed by atoms with Crippen molar-refractivity contribution in [3.8, 4) is 5.69 Å². The summed E-state index contributed by atoms with van der Waals surface area (Å²) in [7, 11) is -3.78. The molecule has 0 fully saturated rings. The molecular weight excluding hydrogens is 372 g/mol. The minimum Gasteiger partial charge on any atom is -0.360 e. The Kier molecular flexibility index (Phi) is 3.97. The molecule has 0 radical (unpaired) electrons. The summed E-state index contributed by atoms with van der Waals surface area (Å²) in [6.45, 7) is 1.81. The molecule has 0 atom stereocenters. The van der Waals surface area contributed by atoms with Crippen molar-refractivity contribution in [2.24, 2.45) is 0 Å². The molecule has 132 valence electrons. The van der Waals surface area contributed by atoms with Crippen LogP contribution in [0, 0.1) is 6.92 Å². The lowest BCUT2D eigenvalue weighted by atomic mass is 10.2. The maximum Gasteiger partial charge on any atom is 0.264 e. The van der Waals surface area contributed by atoms with Gasteiger partial charge in [0.15, 0.2) is 0 Å². The number of rotatable bonds is 4. The summed E-state index contributed by atoms with van der Waals surface area (Å²) in [6, 6.07) is 14.6. The fourth-order valence-electron chi connectivity index (χ4n) is 2.83. The number of sulfonamides is 1. The summed E-state index contributed by atoms with van der Waals surface area (Å²) in [5.74, 6) is 0. The predicted octanol–water partition coefficient (Wildman–Crippen LogP) is 4.12. The van der Waals surface area contributed by atoms with Crippen LogP contribution < -0.4 is 4.72 Å². The number of nitrogens with zero attached hydrogens (tertiary/aromatic N) is 2. The molecule has 0 aliphatic heterocycles. The van der Waals surface area contributed by atoms with E-state index in [1.165, 1.54) is 12.4 Å². The van der Waals surface area contributed by atoms with Gasteiger partial charge in [0.05, 0.1) is 23.3 Å². The number of hydrogen-bond donors (Lipinski definition) is 2. The highest BCUT2D eigenvalue weighted by molar-refractivity contribution is 7.93. The summed E-state index contributed by atoms with van der Waals surface area (Å²) in [4.78, 5) is 3.11. The maximum absolute atomic E-state index is 12.9. The van der Waals surface area contributed by atoms with Crippen LogP contribution in [-0.2, 0) is 10.0 Å². The molecule has 0 bridgehead atoms. The van der Waals surface area contributed by atoms with E-state index in [1.807, 2.05) is 37.3 Å². The molecule has 6 nitrogen and oxygen atoms in total. The third-order valence-corrected chi connectivity index (χ3v) is 5.79. The highest BCUT2D eigenvalue weighted by Gasteiger charge is 2.21. The molecule has 8 heteroatoms. The first-order valence-electron chi connectivity index (χ1n) is 7.85. The number of halogens is 1. The average Bonchev–Trinajstić information content (AvgIpc) is 3.20. The van der Waals surface area contributed by atoms with E-state index in [4.69, 9.17) is 11.6 Å². The van der Waals surface area contributed by atoms with Crippen molar-refractivity contribution in [1.29, 1.82) is 0 Å². The van der Waals surface area contributed by atoms with Gasteiger partial charge in [0.25, 0.3) is 10.0 Å². The first kappa shape index (κ1) is 16.7. The van der Waals surface area contributed by atoms with Crippen molar-refractivity contribution in [3.63, 3.8) is 0 Å². The first-order chi connectivity index (χ1) is 12.5. The van der Waals surface area contributed by atoms with Crippen LogP contribution in [0.2, 0.25) is 5.02 Å². The van der Waals surface area contributed by atoms with E-state index < -0.39 is 10.0 Å². The van der Waals surface area contributed by atoms with Gasteiger partial charge in [0.2, 0.25) is 0 Å². The van der Waals surface area contributed by atoms with Gasteiger partial charge in [0.1, 0.15) is 4.90 Å². The molecule has 4 rings (SSSR count). The molecule has 0 aliphatic rings. The Hall–Kier alpha value is -2.77. The standard InChI is InChI=1S/C18H15ClN4O2S/c1-12-17(10-21-23(12)14-5-3-2-4-6-14)22-26(24,25)18-11-20-16-9-13(19)7-8-15(16)18/h2-11,20,22H,1H3. The molecule has 0 amide bonds. The number of fused-ring (bicyclic) bond motifs is 1. The van der Waals surface area contributed by atoms with Gasteiger partial charge < -0.3 is 4.98 Å². The second-order valence-electron chi connectivity index (χ2n) is 5.84. The maximum atomic E-state index is 12.9. The molecule has 2 N–H and O–H groups in total. The van der Waals surface area contributed by atoms with Gasteiger partial charge in [-0.1, -0.05) is 29.8 Å². The predicted molar refractivity (Wildman–Crippen MR) is 102 cm³/mol. The van der Waals surface area contributed by atoms with Crippen LogP contribution in [-0.4, -0.2) is 23.2 Å². The zero-order valence-electron chi connectivity index (χ0n) is 13.8.